The van der Waals surface area contributed by atoms with Crippen molar-refractivity contribution in [2.75, 3.05) is 18.5 Å². The number of hydrogen-bond acceptors (Lipinski definition) is 6. The van der Waals surface area contributed by atoms with Crippen molar-refractivity contribution in [3.8, 4) is 0 Å². The molecule has 1 fully saturated rings. The topological polar surface area (TPSA) is 103 Å². The zero-order chi connectivity index (χ0) is 18.7. The Hall–Kier alpha value is -2.26. The van der Waals surface area contributed by atoms with E-state index in [0.717, 1.165) is 0 Å². The summed E-state index contributed by atoms with van der Waals surface area (Å²) in [7, 11) is 0. The number of carbonyl (C=O) groups excluding carboxylic acids is 1. The Morgan fingerprint density at radius 2 is 2.15 bits per heavy atom. The van der Waals surface area contributed by atoms with Gasteiger partial charge >= 0.3 is 5.69 Å². The summed E-state index contributed by atoms with van der Waals surface area (Å²) in [6.07, 6.45) is 0.695. The third-order valence-corrected chi connectivity index (χ3v) is 4.19. The van der Waals surface area contributed by atoms with Crippen molar-refractivity contribution in [2.24, 2.45) is 0 Å². The SMILES string of the molecule is CCc1cn(C2COC(CO)O2)c(=O)nc1NC(=O)c1ccc(Cl)cc1. The monoisotopic (exact) mass is 379 g/mol. The van der Waals surface area contributed by atoms with E-state index in [1.54, 1.807) is 30.5 Å². The molecule has 1 saturated heterocycles. The Kier molecular flexibility index (Phi) is 5.67. The van der Waals surface area contributed by atoms with Gasteiger partial charge in [-0.2, -0.15) is 4.98 Å². The summed E-state index contributed by atoms with van der Waals surface area (Å²) < 4.78 is 11.9. The quantitative estimate of drug-likeness (QED) is 0.817. The number of aromatic nitrogens is 2. The van der Waals surface area contributed by atoms with Crippen LogP contribution in [0.25, 0.3) is 0 Å². The van der Waals surface area contributed by atoms with Gasteiger partial charge in [0.25, 0.3) is 5.91 Å². The van der Waals surface area contributed by atoms with Gasteiger partial charge in [-0.15, -0.1) is 0 Å². The fourth-order valence-corrected chi connectivity index (χ4v) is 2.67. The number of nitrogens with one attached hydrogen (secondary N) is 1. The second kappa shape index (κ2) is 7.96. The van der Waals surface area contributed by atoms with Crippen LogP contribution >= 0.6 is 11.6 Å². The second-order valence-electron chi connectivity index (χ2n) is 5.66. The molecule has 2 unspecified atom stereocenters. The number of carbonyl (C=O) groups is 1. The summed E-state index contributed by atoms with van der Waals surface area (Å²) in [5.74, 6) is -0.187. The van der Waals surface area contributed by atoms with Gasteiger partial charge in [0.05, 0.1) is 13.2 Å². The molecule has 0 spiro atoms. The summed E-state index contributed by atoms with van der Waals surface area (Å²) in [4.78, 5) is 28.7. The Morgan fingerprint density at radius 1 is 1.42 bits per heavy atom. The number of benzene rings is 1. The molecule has 2 heterocycles. The number of aliphatic hydroxyl groups excluding tert-OH is 1. The van der Waals surface area contributed by atoms with Crippen molar-refractivity contribution in [1.82, 2.24) is 9.55 Å². The van der Waals surface area contributed by atoms with E-state index in [4.69, 9.17) is 26.2 Å². The van der Waals surface area contributed by atoms with Gasteiger partial charge in [-0.3, -0.25) is 9.36 Å². The van der Waals surface area contributed by atoms with Gasteiger partial charge in [-0.1, -0.05) is 18.5 Å². The first-order valence-electron chi connectivity index (χ1n) is 8.08. The maximum absolute atomic E-state index is 12.4. The van der Waals surface area contributed by atoms with E-state index in [0.29, 0.717) is 22.6 Å². The number of rotatable bonds is 5. The first-order chi connectivity index (χ1) is 12.5. The summed E-state index contributed by atoms with van der Waals surface area (Å²) in [5.41, 5.74) is 0.490. The zero-order valence-electron chi connectivity index (χ0n) is 14.0. The molecule has 26 heavy (non-hydrogen) atoms. The molecule has 2 aromatic rings. The van der Waals surface area contributed by atoms with E-state index in [2.05, 4.69) is 10.3 Å². The van der Waals surface area contributed by atoms with Gasteiger partial charge in [0.15, 0.2) is 12.5 Å². The van der Waals surface area contributed by atoms with Crippen molar-refractivity contribution in [2.45, 2.75) is 25.9 Å². The predicted octanol–water partition coefficient (Wildman–Crippen LogP) is 1.58. The molecule has 3 rings (SSSR count). The van der Waals surface area contributed by atoms with Gasteiger partial charge in [0.2, 0.25) is 0 Å². The second-order valence-corrected chi connectivity index (χ2v) is 6.09. The molecule has 2 N–H and O–H groups in total. The average Bonchev–Trinajstić information content (AvgIpc) is 3.11. The Labute approximate surface area is 154 Å². The number of ether oxygens (including phenoxy) is 2. The van der Waals surface area contributed by atoms with Crippen LogP contribution in [0.1, 0.15) is 29.1 Å². The van der Waals surface area contributed by atoms with Crippen LogP contribution in [0.3, 0.4) is 0 Å². The molecule has 1 aliphatic heterocycles. The van der Waals surface area contributed by atoms with Gasteiger partial charge in [-0.25, -0.2) is 4.79 Å². The van der Waals surface area contributed by atoms with Crippen LogP contribution in [-0.2, 0) is 15.9 Å². The van der Waals surface area contributed by atoms with Crippen LogP contribution in [-0.4, -0.2) is 40.1 Å². The van der Waals surface area contributed by atoms with Crippen molar-refractivity contribution in [3.63, 3.8) is 0 Å². The molecule has 1 aromatic heterocycles. The summed E-state index contributed by atoms with van der Waals surface area (Å²) in [6.45, 7) is 1.72. The van der Waals surface area contributed by atoms with E-state index in [1.807, 2.05) is 6.92 Å². The molecule has 8 nitrogen and oxygen atoms in total. The number of aryl methyl sites for hydroxylation is 1. The summed E-state index contributed by atoms with van der Waals surface area (Å²) in [5, 5.41) is 12.2. The van der Waals surface area contributed by atoms with E-state index in [9.17, 15) is 9.59 Å². The highest BCUT2D eigenvalue weighted by Gasteiger charge is 2.28. The third-order valence-electron chi connectivity index (χ3n) is 3.94. The standard InChI is InChI=1S/C17H18ClN3O5/c1-2-10-7-21(13-9-25-14(8-22)26-13)17(24)20-15(10)19-16(23)11-3-5-12(18)6-4-11/h3-7,13-14,22H,2,8-9H2,1H3,(H,19,20,23,24). The lowest BCUT2D eigenvalue weighted by molar-refractivity contribution is -0.0992. The fraction of sp³-hybridized carbons (Fsp3) is 0.353. The lowest BCUT2D eigenvalue weighted by Gasteiger charge is -2.16. The van der Waals surface area contributed by atoms with Crippen LogP contribution in [0, 0.1) is 0 Å². The van der Waals surface area contributed by atoms with Crippen molar-refractivity contribution in [1.29, 1.82) is 0 Å². The smallest absolute Gasteiger partial charge is 0.351 e. The van der Waals surface area contributed by atoms with Gasteiger partial charge in [0, 0.05) is 22.3 Å². The molecule has 0 radical (unpaired) electrons. The van der Waals surface area contributed by atoms with Gasteiger partial charge in [-0.05, 0) is 30.7 Å². The highest BCUT2D eigenvalue weighted by molar-refractivity contribution is 6.30. The molecule has 0 aliphatic carbocycles. The molecule has 0 bridgehead atoms. The minimum absolute atomic E-state index is 0.131. The summed E-state index contributed by atoms with van der Waals surface area (Å²) in [6, 6.07) is 6.39. The Balaban J connectivity index is 1.84. The molecule has 138 valence electrons. The van der Waals surface area contributed by atoms with Crippen LogP contribution in [0.4, 0.5) is 5.82 Å². The number of halogens is 1. The predicted molar refractivity (Wildman–Crippen MR) is 94.2 cm³/mol. The normalized spacial score (nSPS) is 19.5. The number of aliphatic hydroxyl groups is 1. The maximum Gasteiger partial charge on any atom is 0.351 e. The van der Waals surface area contributed by atoms with E-state index >= 15 is 0 Å². The molecule has 2 atom stereocenters. The summed E-state index contributed by atoms with van der Waals surface area (Å²) >= 11 is 5.82. The number of anilines is 1. The lowest BCUT2D eigenvalue weighted by Crippen LogP contribution is -2.30. The number of nitrogens with zero attached hydrogens (tertiary/aromatic N) is 2. The fourth-order valence-electron chi connectivity index (χ4n) is 2.55. The van der Waals surface area contributed by atoms with Gasteiger partial charge < -0.3 is 19.9 Å². The number of amides is 1. The minimum atomic E-state index is -0.763. The Bertz CT molecular complexity index is 852. The largest absolute Gasteiger partial charge is 0.391 e. The average molecular weight is 380 g/mol. The van der Waals surface area contributed by atoms with Crippen LogP contribution in [0.15, 0.2) is 35.3 Å². The van der Waals surface area contributed by atoms with Crippen molar-refractivity contribution >= 4 is 23.3 Å². The molecular weight excluding hydrogens is 362 g/mol. The van der Waals surface area contributed by atoms with E-state index < -0.39 is 18.2 Å². The lowest BCUT2D eigenvalue weighted by atomic mass is 10.2. The van der Waals surface area contributed by atoms with Crippen molar-refractivity contribution in [3.05, 3.63) is 57.1 Å². The van der Waals surface area contributed by atoms with E-state index in [-0.39, 0.29) is 24.9 Å². The molecule has 0 saturated carbocycles. The minimum Gasteiger partial charge on any atom is -0.391 e. The van der Waals surface area contributed by atoms with Crippen LogP contribution < -0.4 is 11.0 Å². The van der Waals surface area contributed by atoms with Crippen LogP contribution in [0.5, 0.6) is 0 Å². The highest BCUT2D eigenvalue weighted by atomic mass is 35.5. The first-order valence-corrected chi connectivity index (χ1v) is 8.46. The molecule has 9 heteroatoms. The number of hydrogen-bond donors (Lipinski definition) is 2. The first kappa shape index (κ1) is 18.5. The maximum atomic E-state index is 12.4. The Morgan fingerprint density at radius 3 is 2.77 bits per heavy atom. The molecule has 1 aliphatic rings. The van der Waals surface area contributed by atoms with Crippen molar-refractivity contribution < 1.29 is 19.4 Å². The molecule has 1 amide bonds. The van der Waals surface area contributed by atoms with Crippen LogP contribution in [0.2, 0.25) is 5.02 Å². The molecular formula is C17H18ClN3O5. The van der Waals surface area contributed by atoms with Gasteiger partial charge in [0.1, 0.15) is 5.82 Å². The third kappa shape index (κ3) is 3.94. The zero-order valence-corrected chi connectivity index (χ0v) is 14.8. The highest BCUT2D eigenvalue weighted by Crippen LogP contribution is 2.21. The van der Waals surface area contributed by atoms with E-state index in [1.165, 1.54) is 4.57 Å². The molecule has 1 aromatic carbocycles.